The van der Waals surface area contributed by atoms with Gasteiger partial charge in [0.05, 0.1) is 23.7 Å². The van der Waals surface area contributed by atoms with Gasteiger partial charge in [0.1, 0.15) is 11.3 Å². The van der Waals surface area contributed by atoms with E-state index >= 15 is 0 Å². The number of rotatable bonds is 1. The molecule has 4 aromatic rings. The summed E-state index contributed by atoms with van der Waals surface area (Å²) in [4.78, 5) is 15.1. The van der Waals surface area contributed by atoms with Crippen molar-refractivity contribution in [3.8, 4) is 5.75 Å². The van der Waals surface area contributed by atoms with Crippen molar-refractivity contribution in [3.05, 3.63) is 58.9 Å². The second kappa shape index (κ2) is 3.87. The molecule has 2 heterocycles. The van der Waals surface area contributed by atoms with E-state index in [0.29, 0.717) is 5.52 Å². The highest BCUT2D eigenvalue weighted by molar-refractivity contribution is 5.93. The van der Waals surface area contributed by atoms with E-state index in [1.165, 1.54) is 0 Å². The second-order valence-electron chi connectivity index (χ2n) is 4.76. The van der Waals surface area contributed by atoms with E-state index in [9.17, 15) is 4.79 Å². The Balaban J connectivity index is 2.33. The van der Waals surface area contributed by atoms with E-state index in [-0.39, 0.29) is 5.56 Å². The van der Waals surface area contributed by atoms with Gasteiger partial charge in [-0.2, -0.15) is 0 Å². The fourth-order valence-corrected chi connectivity index (χ4v) is 2.70. The van der Waals surface area contributed by atoms with Crippen LogP contribution in [0.3, 0.4) is 0 Å². The van der Waals surface area contributed by atoms with Crippen molar-refractivity contribution >= 4 is 27.5 Å². The molecule has 98 valence electrons. The van der Waals surface area contributed by atoms with Crippen LogP contribution in [0, 0.1) is 0 Å². The highest BCUT2D eigenvalue weighted by atomic mass is 16.5. The molecule has 4 rings (SSSR count). The van der Waals surface area contributed by atoms with Gasteiger partial charge >= 0.3 is 0 Å². The number of nitrogens with zero attached hydrogens (tertiary/aromatic N) is 1. The Morgan fingerprint density at radius 2 is 1.85 bits per heavy atom. The monoisotopic (exact) mass is 264 g/mol. The Kier molecular flexibility index (Phi) is 2.15. The average Bonchev–Trinajstić information content (AvgIpc) is 2.87. The van der Waals surface area contributed by atoms with Crippen LogP contribution in [0.2, 0.25) is 0 Å². The smallest absolute Gasteiger partial charge is 0.272 e. The number of para-hydroxylation sites is 2. The summed E-state index contributed by atoms with van der Waals surface area (Å²) in [6.45, 7) is 0. The van der Waals surface area contributed by atoms with Gasteiger partial charge in [-0.05, 0) is 30.3 Å². The van der Waals surface area contributed by atoms with E-state index in [2.05, 4.69) is 4.98 Å². The van der Waals surface area contributed by atoms with Crippen molar-refractivity contribution in [3.63, 3.8) is 0 Å². The second-order valence-corrected chi connectivity index (χ2v) is 4.76. The van der Waals surface area contributed by atoms with E-state index in [1.54, 1.807) is 7.11 Å². The molecule has 1 N–H and O–H groups in total. The Morgan fingerprint density at radius 3 is 2.70 bits per heavy atom. The topological polar surface area (TPSA) is 46.5 Å². The number of H-pyrrole nitrogens is 1. The third-order valence-electron chi connectivity index (χ3n) is 3.64. The molecule has 0 spiro atoms. The van der Waals surface area contributed by atoms with Crippen LogP contribution in [0.5, 0.6) is 5.75 Å². The molecule has 0 bridgehead atoms. The molecule has 0 saturated heterocycles. The number of nitrogens with one attached hydrogen (secondary N) is 1. The van der Waals surface area contributed by atoms with Crippen LogP contribution in [0.15, 0.2) is 53.3 Å². The molecule has 2 aromatic carbocycles. The summed E-state index contributed by atoms with van der Waals surface area (Å²) in [6.07, 6.45) is 0. The molecule has 0 radical (unpaired) electrons. The molecular formula is C16H12N2O2. The van der Waals surface area contributed by atoms with Gasteiger partial charge in [0, 0.05) is 11.5 Å². The fourth-order valence-electron chi connectivity index (χ4n) is 2.70. The molecule has 0 aliphatic carbocycles. The zero-order valence-electron chi connectivity index (χ0n) is 10.9. The van der Waals surface area contributed by atoms with Gasteiger partial charge in [-0.1, -0.05) is 12.1 Å². The normalized spacial score (nSPS) is 11.4. The van der Waals surface area contributed by atoms with E-state index in [0.717, 1.165) is 27.7 Å². The molecule has 2 aromatic heterocycles. The van der Waals surface area contributed by atoms with Crippen molar-refractivity contribution in [2.75, 3.05) is 7.11 Å². The molecule has 0 fully saturated rings. The lowest BCUT2D eigenvalue weighted by Crippen LogP contribution is -2.09. The van der Waals surface area contributed by atoms with Gasteiger partial charge in [0.2, 0.25) is 0 Å². The SMILES string of the molecule is COc1ccc2cc3c(=O)[nH]c4ccccc4n3c2c1. The lowest BCUT2D eigenvalue weighted by molar-refractivity contribution is 0.415. The van der Waals surface area contributed by atoms with E-state index in [1.807, 2.05) is 52.9 Å². The molecular weight excluding hydrogens is 252 g/mol. The van der Waals surface area contributed by atoms with Gasteiger partial charge < -0.3 is 14.1 Å². The molecule has 20 heavy (non-hydrogen) atoms. The predicted molar refractivity (Wildman–Crippen MR) is 79.6 cm³/mol. The van der Waals surface area contributed by atoms with Crippen molar-refractivity contribution in [1.29, 1.82) is 0 Å². The third-order valence-corrected chi connectivity index (χ3v) is 3.64. The Hall–Kier alpha value is -2.75. The average molecular weight is 264 g/mol. The van der Waals surface area contributed by atoms with Crippen LogP contribution in [0.25, 0.3) is 27.5 Å². The molecule has 0 aliphatic rings. The van der Waals surface area contributed by atoms with Gasteiger partial charge in [-0.3, -0.25) is 4.79 Å². The van der Waals surface area contributed by atoms with Crippen LogP contribution >= 0.6 is 0 Å². The minimum atomic E-state index is -0.0844. The third kappa shape index (κ3) is 1.39. The van der Waals surface area contributed by atoms with Crippen molar-refractivity contribution in [2.24, 2.45) is 0 Å². The number of aromatic nitrogens is 2. The zero-order chi connectivity index (χ0) is 13.7. The predicted octanol–water partition coefficient (Wildman–Crippen LogP) is 2.94. The number of aromatic amines is 1. The van der Waals surface area contributed by atoms with Gasteiger partial charge in [-0.25, -0.2) is 0 Å². The first-order chi connectivity index (χ1) is 9.78. The molecule has 0 atom stereocenters. The minimum absolute atomic E-state index is 0.0844. The Bertz CT molecular complexity index is 1010. The van der Waals surface area contributed by atoms with Gasteiger partial charge in [-0.15, -0.1) is 0 Å². The van der Waals surface area contributed by atoms with Gasteiger partial charge in [0.25, 0.3) is 5.56 Å². The maximum Gasteiger partial charge on any atom is 0.272 e. The van der Waals surface area contributed by atoms with Crippen LogP contribution in [-0.2, 0) is 0 Å². The molecule has 0 amide bonds. The van der Waals surface area contributed by atoms with E-state index in [4.69, 9.17) is 4.74 Å². The van der Waals surface area contributed by atoms with Crippen LogP contribution < -0.4 is 10.3 Å². The maximum absolute atomic E-state index is 12.2. The van der Waals surface area contributed by atoms with Crippen molar-refractivity contribution in [1.82, 2.24) is 9.38 Å². The summed E-state index contributed by atoms with van der Waals surface area (Å²) < 4.78 is 7.26. The van der Waals surface area contributed by atoms with E-state index < -0.39 is 0 Å². The summed E-state index contributed by atoms with van der Waals surface area (Å²) in [5.41, 5.74) is 3.34. The maximum atomic E-state index is 12.2. The van der Waals surface area contributed by atoms with Crippen LogP contribution in [-0.4, -0.2) is 16.5 Å². The number of benzene rings is 2. The highest BCUT2D eigenvalue weighted by Crippen LogP contribution is 2.26. The molecule has 4 heteroatoms. The number of hydrogen-bond donors (Lipinski definition) is 1. The van der Waals surface area contributed by atoms with Crippen molar-refractivity contribution < 1.29 is 4.74 Å². The summed E-state index contributed by atoms with van der Waals surface area (Å²) >= 11 is 0. The largest absolute Gasteiger partial charge is 0.497 e. The quantitative estimate of drug-likeness (QED) is 0.574. The number of hydrogen-bond acceptors (Lipinski definition) is 2. The first kappa shape index (κ1) is 11.1. The molecule has 0 saturated carbocycles. The lowest BCUT2D eigenvalue weighted by Gasteiger charge is -2.05. The highest BCUT2D eigenvalue weighted by Gasteiger charge is 2.10. The number of fused-ring (bicyclic) bond motifs is 5. The van der Waals surface area contributed by atoms with Crippen molar-refractivity contribution in [2.45, 2.75) is 0 Å². The Morgan fingerprint density at radius 1 is 1.00 bits per heavy atom. The number of ether oxygens (including phenoxy) is 1. The summed E-state index contributed by atoms with van der Waals surface area (Å²) in [7, 11) is 1.64. The first-order valence-electron chi connectivity index (χ1n) is 6.38. The molecule has 0 unspecified atom stereocenters. The summed E-state index contributed by atoms with van der Waals surface area (Å²) in [6, 6.07) is 15.5. The van der Waals surface area contributed by atoms with Crippen LogP contribution in [0.1, 0.15) is 0 Å². The summed E-state index contributed by atoms with van der Waals surface area (Å²) in [5, 5.41) is 1.02. The minimum Gasteiger partial charge on any atom is -0.497 e. The first-order valence-corrected chi connectivity index (χ1v) is 6.38. The Labute approximate surface area is 114 Å². The fraction of sp³-hybridized carbons (Fsp3) is 0.0625. The lowest BCUT2D eigenvalue weighted by atomic mass is 10.2. The number of methoxy groups -OCH3 is 1. The van der Waals surface area contributed by atoms with Crippen LogP contribution in [0.4, 0.5) is 0 Å². The van der Waals surface area contributed by atoms with Gasteiger partial charge in [0.15, 0.2) is 0 Å². The molecule has 0 aliphatic heterocycles. The summed E-state index contributed by atoms with van der Waals surface area (Å²) in [5.74, 6) is 0.780. The standard InChI is InChI=1S/C16H12N2O2/c1-20-11-7-6-10-8-15-16(19)17-12-4-2-3-5-13(12)18(15)14(10)9-11/h2-9H,1H3,(H,17,19). The zero-order valence-corrected chi connectivity index (χ0v) is 10.9. The molecule has 4 nitrogen and oxygen atoms in total.